The normalized spacial score (nSPS) is 10.6. The number of rotatable bonds is 2. The molecular formula is C11H14N4OS. The highest BCUT2D eigenvalue weighted by molar-refractivity contribution is 7.15. The molecular weight excluding hydrogens is 236 g/mol. The smallest absolute Gasteiger partial charge is 0.261 e. The molecule has 0 bridgehead atoms. The van der Waals surface area contributed by atoms with E-state index in [9.17, 15) is 4.79 Å². The lowest BCUT2D eigenvalue weighted by atomic mass is 10.2. The first-order valence-corrected chi connectivity index (χ1v) is 6.04. The number of nitrogens with one attached hydrogen (secondary N) is 1. The quantitative estimate of drug-likeness (QED) is 0.887. The second-order valence-electron chi connectivity index (χ2n) is 3.90. The molecule has 2 rings (SSSR count). The number of thiazole rings is 1. The summed E-state index contributed by atoms with van der Waals surface area (Å²) in [6, 6.07) is 0. The molecule has 2 aromatic heterocycles. The van der Waals surface area contributed by atoms with E-state index in [-0.39, 0.29) is 5.91 Å². The van der Waals surface area contributed by atoms with Gasteiger partial charge >= 0.3 is 0 Å². The number of carbonyl (C=O) groups is 1. The topological polar surface area (TPSA) is 59.8 Å². The average Bonchev–Trinajstić information content (AvgIpc) is 2.73. The van der Waals surface area contributed by atoms with Crippen LogP contribution in [-0.4, -0.2) is 20.7 Å². The van der Waals surface area contributed by atoms with E-state index < -0.39 is 0 Å². The number of carbonyl (C=O) groups excluding carboxylic acids is 1. The molecule has 0 unspecified atom stereocenters. The van der Waals surface area contributed by atoms with Crippen LogP contribution in [0.4, 0.5) is 5.13 Å². The van der Waals surface area contributed by atoms with Crippen LogP contribution >= 0.6 is 11.3 Å². The highest BCUT2D eigenvalue weighted by Crippen LogP contribution is 2.19. The van der Waals surface area contributed by atoms with E-state index >= 15 is 0 Å². The fourth-order valence-electron chi connectivity index (χ4n) is 1.67. The molecule has 2 aromatic rings. The van der Waals surface area contributed by atoms with Crippen LogP contribution in [0.1, 0.15) is 26.6 Å². The molecule has 6 heteroatoms. The molecule has 0 spiro atoms. The Morgan fingerprint density at radius 2 is 2.12 bits per heavy atom. The van der Waals surface area contributed by atoms with Crippen molar-refractivity contribution in [1.29, 1.82) is 0 Å². The number of amides is 1. The van der Waals surface area contributed by atoms with Crippen molar-refractivity contribution in [3.05, 3.63) is 28.0 Å². The molecule has 90 valence electrons. The van der Waals surface area contributed by atoms with E-state index in [1.54, 1.807) is 10.9 Å². The lowest BCUT2D eigenvalue weighted by Gasteiger charge is -2.01. The Bertz CT molecular complexity index is 570. The summed E-state index contributed by atoms with van der Waals surface area (Å²) in [5.41, 5.74) is 2.21. The van der Waals surface area contributed by atoms with E-state index in [4.69, 9.17) is 0 Å². The highest BCUT2D eigenvalue weighted by atomic mass is 32.1. The van der Waals surface area contributed by atoms with Gasteiger partial charge < -0.3 is 0 Å². The van der Waals surface area contributed by atoms with E-state index in [1.807, 2.05) is 27.8 Å². The van der Waals surface area contributed by atoms with Crippen LogP contribution in [0.15, 0.2) is 6.20 Å². The molecule has 0 radical (unpaired) electrons. The Morgan fingerprint density at radius 3 is 2.59 bits per heavy atom. The molecule has 1 N–H and O–H groups in total. The number of aryl methyl sites for hydroxylation is 3. The van der Waals surface area contributed by atoms with Crippen molar-refractivity contribution in [2.45, 2.75) is 20.8 Å². The van der Waals surface area contributed by atoms with Gasteiger partial charge in [0.2, 0.25) is 0 Å². The lowest BCUT2D eigenvalue weighted by molar-refractivity contribution is 0.102. The molecule has 0 atom stereocenters. The fraction of sp³-hybridized carbons (Fsp3) is 0.364. The summed E-state index contributed by atoms with van der Waals surface area (Å²) in [6.45, 7) is 5.66. The fourth-order valence-corrected chi connectivity index (χ4v) is 2.33. The van der Waals surface area contributed by atoms with E-state index in [2.05, 4.69) is 15.4 Å². The van der Waals surface area contributed by atoms with Gasteiger partial charge in [-0.15, -0.1) is 11.3 Å². The maximum absolute atomic E-state index is 12.1. The van der Waals surface area contributed by atoms with Gasteiger partial charge in [0.25, 0.3) is 5.91 Å². The third kappa shape index (κ3) is 2.21. The summed E-state index contributed by atoms with van der Waals surface area (Å²) in [5, 5.41) is 7.63. The van der Waals surface area contributed by atoms with Gasteiger partial charge in [0.1, 0.15) is 0 Å². The minimum atomic E-state index is -0.151. The van der Waals surface area contributed by atoms with Crippen LogP contribution in [0.25, 0.3) is 0 Å². The SMILES string of the molecule is Cc1cnc(NC(=O)c2c(C)nn(C)c2C)s1. The van der Waals surface area contributed by atoms with Crippen LogP contribution in [0.3, 0.4) is 0 Å². The summed E-state index contributed by atoms with van der Waals surface area (Å²) in [5.74, 6) is -0.151. The highest BCUT2D eigenvalue weighted by Gasteiger charge is 2.18. The van der Waals surface area contributed by atoms with Gasteiger partial charge in [0.05, 0.1) is 11.3 Å². The Labute approximate surface area is 103 Å². The number of aromatic nitrogens is 3. The molecule has 5 nitrogen and oxygen atoms in total. The molecule has 0 fully saturated rings. The molecule has 0 aliphatic carbocycles. The number of nitrogens with zero attached hydrogens (tertiary/aromatic N) is 3. The molecule has 17 heavy (non-hydrogen) atoms. The summed E-state index contributed by atoms with van der Waals surface area (Å²) in [4.78, 5) is 17.3. The van der Waals surface area contributed by atoms with Crippen molar-refractivity contribution >= 4 is 22.4 Å². The van der Waals surface area contributed by atoms with Crippen LogP contribution in [0.5, 0.6) is 0 Å². The number of hydrogen-bond acceptors (Lipinski definition) is 4. The summed E-state index contributed by atoms with van der Waals surface area (Å²) >= 11 is 1.46. The van der Waals surface area contributed by atoms with Crippen molar-refractivity contribution in [1.82, 2.24) is 14.8 Å². The minimum Gasteiger partial charge on any atom is -0.298 e. The Kier molecular flexibility index (Phi) is 2.97. The van der Waals surface area contributed by atoms with Gasteiger partial charge in [-0.3, -0.25) is 14.8 Å². The summed E-state index contributed by atoms with van der Waals surface area (Å²) < 4.78 is 1.71. The van der Waals surface area contributed by atoms with Gasteiger partial charge in [0, 0.05) is 23.8 Å². The van der Waals surface area contributed by atoms with Crippen LogP contribution in [0.2, 0.25) is 0 Å². The number of anilines is 1. The van der Waals surface area contributed by atoms with Gasteiger partial charge in [-0.05, 0) is 20.8 Å². The lowest BCUT2D eigenvalue weighted by Crippen LogP contribution is -2.13. The van der Waals surface area contributed by atoms with Gasteiger partial charge in [-0.1, -0.05) is 0 Å². The van der Waals surface area contributed by atoms with E-state index in [0.717, 1.165) is 16.3 Å². The Hall–Kier alpha value is -1.69. The predicted octanol–water partition coefficient (Wildman–Crippen LogP) is 2.05. The van der Waals surface area contributed by atoms with Crippen LogP contribution in [0, 0.1) is 20.8 Å². The molecule has 0 aliphatic rings. The minimum absolute atomic E-state index is 0.151. The Morgan fingerprint density at radius 1 is 1.41 bits per heavy atom. The largest absolute Gasteiger partial charge is 0.298 e. The number of hydrogen-bond donors (Lipinski definition) is 1. The Balaban J connectivity index is 2.26. The van der Waals surface area contributed by atoms with Gasteiger partial charge in [-0.2, -0.15) is 5.10 Å². The molecule has 2 heterocycles. The molecule has 0 aliphatic heterocycles. The standard InChI is InChI=1S/C11H14N4OS/c1-6-5-12-11(17-6)13-10(16)9-7(2)14-15(4)8(9)3/h5H,1-4H3,(H,12,13,16). The van der Waals surface area contributed by atoms with E-state index in [0.29, 0.717) is 10.7 Å². The molecule has 0 saturated carbocycles. The zero-order valence-corrected chi connectivity index (χ0v) is 11.1. The zero-order valence-electron chi connectivity index (χ0n) is 10.2. The zero-order chi connectivity index (χ0) is 12.6. The second kappa shape index (κ2) is 4.29. The van der Waals surface area contributed by atoms with Crippen molar-refractivity contribution < 1.29 is 4.79 Å². The van der Waals surface area contributed by atoms with E-state index in [1.165, 1.54) is 11.3 Å². The van der Waals surface area contributed by atoms with Crippen molar-refractivity contribution in [3.63, 3.8) is 0 Å². The monoisotopic (exact) mass is 250 g/mol. The first kappa shape index (κ1) is 11.8. The van der Waals surface area contributed by atoms with Crippen molar-refractivity contribution in [2.24, 2.45) is 7.05 Å². The maximum Gasteiger partial charge on any atom is 0.261 e. The second-order valence-corrected chi connectivity index (χ2v) is 5.13. The summed E-state index contributed by atoms with van der Waals surface area (Å²) in [7, 11) is 1.83. The van der Waals surface area contributed by atoms with Crippen LogP contribution < -0.4 is 5.32 Å². The van der Waals surface area contributed by atoms with Gasteiger partial charge in [0.15, 0.2) is 5.13 Å². The molecule has 0 saturated heterocycles. The van der Waals surface area contributed by atoms with Gasteiger partial charge in [-0.25, -0.2) is 4.98 Å². The summed E-state index contributed by atoms with van der Waals surface area (Å²) in [6.07, 6.45) is 1.74. The van der Waals surface area contributed by atoms with Crippen molar-refractivity contribution in [3.8, 4) is 0 Å². The first-order valence-electron chi connectivity index (χ1n) is 5.23. The maximum atomic E-state index is 12.1. The average molecular weight is 250 g/mol. The van der Waals surface area contributed by atoms with Crippen LogP contribution in [-0.2, 0) is 7.05 Å². The molecule has 1 amide bonds. The van der Waals surface area contributed by atoms with Crippen molar-refractivity contribution in [2.75, 3.05) is 5.32 Å². The third-order valence-corrected chi connectivity index (χ3v) is 3.41. The third-order valence-electron chi connectivity index (χ3n) is 2.58. The predicted molar refractivity (Wildman–Crippen MR) is 67.5 cm³/mol. The molecule has 0 aromatic carbocycles. The first-order chi connectivity index (χ1) is 7.99.